The van der Waals surface area contributed by atoms with E-state index in [0.29, 0.717) is 24.5 Å². The van der Waals surface area contributed by atoms with E-state index in [-0.39, 0.29) is 17.5 Å². The van der Waals surface area contributed by atoms with E-state index >= 15 is 0 Å². The fourth-order valence-electron chi connectivity index (χ4n) is 1.57. The number of methoxy groups -OCH3 is 1. The second-order valence-electron chi connectivity index (χ2n) is 4.17. The lowest BCUT2D eigenvalue weighted by atomic mass is 10.2. The molecule has 0 fully saturated rings. The van der Waals surface area contributed by atoms with E-state index in [4.69, 9.17) is 15.2 Å². The Kier molecular flexibility index (Phi) is 7.40. The standard InChI is InChI=1S/C14H20FNO3S/c1-3-19-14(17)12(16)6-7-20-9-10-4-5-13(18-2)11(15)8-10/h4-5,8,12H,3,6-7,9,16H2,1-2H3. The predicted octanol–water partition coefficient (Wildman–Crippen LogP) is 2.35. The second-order valence-corrected chi connectivity index (χ2v) is 5.27. The highest BCUT2D eigenvalue weighted by atomic mass is 32.2. The maximum Gasteiger partial charge on any atom is 0.322 e. The minimum Gasteiger partial charge on any atom is -0.494 e. The normalized spacial score (nSPS) is 12.0. The van der Waals surface area contributed by atoms with Gasteiger partial charge in [0.15, 0.2) is 11.6 Å². The van der Waals surface area contributed by atoms with E-state index in [9.17, 15) is 9.18 Å². The summed E-state index contributed by atoms with van der Waals surface area (Å²) in [7, 11) is 1.43. The number of hydrogen-bond acceptors (Lipinski definition) is 5. The summed E-state index contributed by atoms with van der Waals surface area (Å²) in [5, 5.41) is 0. The fourth-order valence-corrected chi connectivity index (χ4v) is 2.55. The number of rotatable bonds is 8. The number of ether oxygens (including phenoxy) is 2. The van der Waals surface area contributed by atoms with Crippen LogP contribution in [-0.4, -0.2) is 31.5 Å². The first-order valence-corrected chi connectivity index (χ1v) is 7.56. The average molecular weight is 301 g/mol. The Balaban J connectivity index is 2.31. The van der Waals surface area contributed by atoms with Crippen molar-refractivity contribution in [1.82, 2.24) is 0 Å². The van der Waals surface area contributed by atoms with Crippen LogP contribution < -0.4 is 10.5 Å². The minimum absolute atomic E-state index is 0.239. The fraction of sp³-hybridized carbons (Fsp3) is 0.500. The molecule has 2 N–H and O–H groups in total. The molecule has 0 amide bonds. The average Bonchev–Trinajstić information content (AvgIpc) is 2.43. The van der Waals surface area contributed by atoms with Crippen molar-refractivity contribution in [3.8, 4) is 5.75 Å². The van der Waals surface area contributed by atoms with Crippen molar-refractivity contribution in [1.29, 1.82) is 0 Å². The van der Waals surface area contributed by atoms with Crippen molar-refractivity contribution in [3.05, 3.63) is 29.6 Å². The van der Waals surface area contributed by atoms with Crippen molar-refractivity contribution >= 4 is 17.7 Å². The SMILES string of the molecule is CCOC(=O)C(N)CCSCc1ccc(OC)c(F)c1. The van der Waals surface area contributed by atoms with Crippen molar-refractivity contribution in [2.24, 2.45) is 5.73 Å². The summed E-state index contributed by atoms with van der Waals surface area (Å²) >= 11 is 1.60. The van der Waals surface area contributed by atoms with Gasteiger partial charge >= 0.3 is 5.97 Å². The Bertz CT molecular complexity index is 442. The quantitative estimate of drug-likeness (QED) is 0.590. The molecule has 0 spiro atoms. The molecule has 0 radical (unpaired) electrons. The van der Waals surface area contributed by atoms with Crippen molar-refractivity contribution in [2.75, 3.05) is 19.5 Å². The van der Waals surface area contributed by atoms with Gasteiger partial charge in [0.05, 0.1) is 13.7 Å². The monoisotopic (exact) mass is 301 g/mol. The van der Waals surface area contributed by atoms with Gasteiger partial charge in [-0.25, -0.2) is 4.39 Å². The molecule has 0 saturated carbocycles. The molecular weight excluding hydrogens is 281 g/mol. The summed E-state index contributed by atoms with van der Waals surface area (Å²) in [5.74, 6) is 0.880. The lowest BCUT2D eigenvalue weighted by molar-refractivity contribution is -0.144. The summed E-state index contributed by atoms with van der Waals surface area (Å²) in [6, 6.07) is 4.29. The lowest BCUT2D eigenvalue weighted by Crippen LogP contribution is -2.32. The molecule has 0 aliphatic heterocycles. The highest BCUT2D eigenvalue weighted by Crippen LogP contribution is 2.21. The first-order chi connectivity index (χ1) is 9.58. The summed E-state index contributed by atoms with van der Waals surface area (Å²) in [6.45, 7) is 2.09. The molecule has 0 aliphatic carbocycles. The molecule has 1 rings (SSSR count). The highest BCUT2D eigenvalue weighted by Gasteiger charge is 2.13. The van der Waals surface area contributed by atoms with Crippen LogP contribution in [0, 0.1) is 5.82 Å². The third-order valence-electron chi connectivity index (χ3n) is 2.65. The van der Waals surface area contributed by atoms with Gasteiger partial charge in [-0.3, -0.25) is 4.79 Å². The van der Waals surface area contributed by atoms with Crippen LogP contribution in [-0.2, 0) is 15.3 Å². The van der Waals surface area contributed by atoms with Gasteiger partial charge in [-0.2, -0.15) is 11.8 Å². The number of benzene rings is 1. The molecule has 6 heteroatoms. The lowest BCUT2D eigenvalue weighted by Gasteiger charge is -2.10. The second kappa shape index (κ2) is 8.81. The van der Waals surface area contributed by atoms with E-state index in [2.05, 4.69) is 0 Å². The third-order valence-corrected chi connectivity index (χ3v) is 3.71. The zero-order valence-electron chi connectivity index (χ0n) is 11.7. The predicted molar refractivity (Wildman–Crippen MR) is 78.3 cm³/mol. The molecule has 112 valence electrons. The molecule has 1 aromatic carbocycles. The maximum absolute atomic E-state index is 13.5. The number of halogens is 1. The van der Waals surface area contributed by atoms with Crippen molar-refractivity contribution in [3.63, 3.8) is 0 Å². The molecule has 1 unspecified atom stereocenters. The van der Waals surface area contributed by atoms with Crippen LogP contribution >= 0.6 is 11.8 Å². The molecule has 0 bridgehead atoms. The number of hydrogen-bond donors (Lipinski definition) is 1. The summed E-state index contributed by atoms with van der Waals surface area (Å²) in [6.07, 6.45) is 0.544. The van der Waals surface area contributed by atoms with Gasteiger partial charge in [-0.1, -0.05) is 6.07 Å². The van der Waals surface area contributed by atoms with Gasteiger partial charge < -0.3 is 15.2 Å². The smallest absolute Gasteiger partial charge is 0.322 e. The maximum atomic E-state index is 13.5. The Labute approximate surface area is 122 Å². The van der Waals surface area contributed by atoms with E-state index in [0.717, 1.165) is 5.56 Å². The Morgan fingerprint density at radius 2 is 2.25 bits per heavy atom. The third kappa shape index (κ3) is 5.38. The highest BCUT2D eigenvalue weighted by molar-refractivity contribution is 7.98. The Morgan fingerprint density at radius 3 is 2.85 bits per heavy atom. The molecule has 4 nitrogen and oxygen atoms in total. The zero-order chi connectivity index (χ0) is 15.0. The van der Waals surface area contributed by atoms with Gasteiger partial charge in [0, 0.05) is 5.75 Å². The first kappa shape index (κ1) is 16.8. The van der Waals surface area contributed by atoms with Crippen LogP contribution in [0.2, 0.25) is 0 Å². The van der Waals surface area contributed by atoms with Crippen LogP contribution in [0.4, 0.5) is 4.39 Å². The van der Waals surface area contributed by atoms with E-state index in [1.807, 2.05) is 6.07 Å². The van der Waals surface area contributed by atoms with E-state index < -0.39 is 6.04 Å². The van der Waals surface area contributed by atoms with Crippen molar-refractivity contribution < 1.29 is 18.7 Å². The number of carbonyl (C=O) groups excluding carboxylic acids is 1. The number of esters is 1. The Morgan fingerprint density at radius 1 is 1.50 bits per heavy atom. The van der Waals surface area contributed by atoms with E-state index in [1.54, 1.807) is 24.8 Å². The van der Waals surface area contributed by atoms with Crippen LogP contribution in [0.15, 0.2) is 18.2 Å². The Hall–Kier alpha value is -1.27. The van der Waals surface area contributed by atoms with Crippen LogP contribution in [0.5, 0.6) is 5.75 Å². The molecule has 1 aromatic rings. The topological polar surface area (TPSA) is 61.5 Å². The van der Waals surface area contributed by atoms with Gasteiger partial charge in [0.1, 0.15) is 6.04 Å². The van der Waals surface area contributed by atoms with Gasteiger partial charge in [-0.05, 0) is 36.8 Å². The van der Waals surface area contributed by atoms with E-state index in [1.165, 1.54) is 13.2 Å². The van der Waals surface area contributed by atoms with Crippen LogP contribution in [0.25, 0.3) is 0 Å². The van der Waals surface area contributed by atoms with Gasteiger partial charge in [0.2, 0.25) is 0 Å². The van der Waals surface area contributed by atoms with Gasteiger partial charge in [-0.15, -0.1) is 0 Å². The summed E-state index contributed by atoms with van der Waals surface area (Å²) < 4.78 is 23.1. The van der Waals surface area contributed by atoms with Crippen LogP contribution in [0.1, 0.15) is 18.9 Å². The molecule has 1 atom stereocenters. The molecule has 0 saturated heterocycles. The number of carbonyl (C=O) groups is 1. The van der Waals surface area contributed by atoms with Crippen molar-refractivity contribution in [2.45, 2.75) is 25.1 Å². The number of nitrogens with two attached hydrogens (primary N) is 1. The minimum atomic E-state index is -0.588. The molecule has 0 aliphatic rings. The molecule has 20 heavy (non-hydrogen) atoms. The number of thioether (sulfide) groups is 1. The molecule has 0 heterocycles. The molecular formula is C14H20FNO3S. The molecule has 0 aromatic heterocycles. The largest absolute Gasteiger partial charge is 0.494 e. The van der Waals surface area contributed by atoms with Gasteiger partial charge in [0.25, 0.3) is 0 Å². The summed E-state index contributed by atoms with van der Waals surface area (Å²) in [4.78, 5) is 11.3. The summed E-state index contributed by atoms with van der Waals surface area (Å²) in [5.41, 5.74) is 6.55. The first-order valence-electron chi connectivity index (χ1n) is 6.40. The van der Waals surface area contributed by atoms with Crippen LogP contribution in [0.3, 0.4) is 0 Å². The zero-order valence-corrected chi connectivity index (χ0v) is 12.5.